The molecule has 0 bridgehead atoms. The molecule has 0 heterocycles. The highest BCUT2D eigenvalue weighted by molar-refractivity contribution is 8.09. The maximum absolute atomic E-state index is 10.7. The molecule has 16 heavy (non-hydrogen) atoms. The number of halogens is 1. The molecule has 96 valence electrons. The lowest BCUT2D eigenvalue weighted by molar-refractivity contribution is -0.142. The standard InChI is InChI=1S/C6H11ClO8S/c7-16(13,14)15-2-4(10)6(12)5(11)3(9)1-8/h4-6,8,10-12H,1-2H2/t4-,5-,6-/m1/s1. The van der Waals surface area contributed by atoms with Gasteiger partial charge in [-0.15, -0.1) is 0 Å². The number of hydrogen-bond acceptors (Lipinski definition) is 8. The number of hydrogen-bond donors (Lipinski definition) is 4. The van der Waals surface area contributed by atoms with Crippen LogP contribution in [0.4, 0.5) is 0 Å². The van der Waals surface area contributed by atoms with E-state index in [1.54, 1.807) is 0 Å². The van der Waals surface area contributed by atoms with Crippen molar-refractivity contribution in [2.24, 2.45) is 0 Å². The Morgan fingerprint density at radius 1 is 1.31 bits per heavy atom. The average Bonchev–Trinajstić information content (AvgIpc) is 2.21. The van der Waals surface area contributed by atoms with Crippen molar-refractivity contribution in [1.82, 2.24) is 0 Å². The first kappa shape index (κ1) is 15.7. The van der Waals surface area contributed by atoms with Crippen molar-refractivity contribution in [3.63, 3.8) is 0 Å². The van der Waals surface area contributed by atoms with Crippen LogP contribution in [0.2, 0.25) is 0 Å². The van der Waals surface area contributed by atoms with Crippen molar-refractivity contribution in [1.29, 1.82) is 0 Å². The summed E-state index contributed by atoms with van der Waals surface area (Å²) in [7, 11) is 0.320. The van der Waals surface area contributed by atoms with Crippen molar-refractivity contribution in [3.05, 3.63) is 0 Å². The first-order valence-corrected chi connectivity index (χ1v) is 6.19. The Balaban J connectivity index is 4.28. The number of rotatable bonds is 7. The molecule has 0 aliphatic carbocycles. The summed E-state index contributed by atoms with van der Waals surface area (Å²) in [6, 6.07) is 0. The van der Waals surface area contributed by atoms with Crippen LogP contribution in [0.15, 0.2) is 0 Å². The molecule has 0 aromatic rings. The topological polar surface area (TPSA) is 141 Å². The second kappa shape index (κ2) is 6.45. The molecule has 0 aromatic heterocycles. The van der Waals surface area contributed by atoms with Crippen LogP contribution < -0.4 is 0 Å². The summed E-state index contributed by atoms with van der Waals surface area (Å²) in [5, 5.41) is 35.6. The van der Waals surface area contributed by atoms with Gasteiger partial charge in [-0.1, -0.05) is 0 Å². The Bertz CT molecular complexity index is 327. The molecule has 0 rings (SSSR count). The lowest BCUT2D eigenvalue weighted by Crippen LogP contribution is -2.45. The molecule has 0 unspecified atom stereocenters. The van der Waals surface area contributed by atoms with Crippen LogP contribution in [0, 0.1) is 0 Å². The zero-order chi connectivity index (χ0) is 12.9. The minimum Gasteiger partial charge on any atom is -0.388 e. The maximum atomic E-state index is 10.7. The Morgan fingerprint density at radius 3 is 2.19 bits per heavy atom. The molecule has 0 aliphatic rings. The van der Waals surface area contributed by atoms with Gasteiger partial charge in [-0.3, -0.25) is 8.98 Å². The molecular formula is C6H11ClO8S. The third kappa shape index (κ3) is 5.70. The molecule has 10 heteroatoms. The number of aliphatic hydroxyl groups excluding tert-OH is 4. The molecule has 0 saturated heterocycles. The van der Waals surface area contributed by atoms with Gasteiger partial charge < -0.3 is 20.4 Å². The molecule has 0 aliphatic heterocycles. The molecule has 0 saturated carbocycles. The normalized spacial score (nSPS) is 17.8. The lowest BCUT2D eigenvalue weighted by atomic mass is 10.1. The summed E-state index contributed by atoms with van der Waals surface area (Å²) in [6.07, 6.45) is -5.88. The van der Waals surface area contributed by atoms with E-state index in [9.17, 15) is 13.2 Å². The molecule has 3 atom stereocenters. The second-order valence-corrected chi connectivity index (χ2v) is 4.96. The molecule has 8 nitrogen and oxygen atoms in total. The predicted octanol–water partition coefficient (Wildman–Crippen LogP) is -2.87. The zero-order valence-electron chi connectivity index (χ0n) is 7.85. The molecule has 0 aromatic carbocycles. The number of Topliss-reactive ketones (excluding diaryl/α,β-unsaturated/α-hetero) is 1. The fourth-order valence-corrected chi connectivity index (χ4v) is 1.20. The fraction of sp³-hybridized carbons (Fsp3) is 0.833. The molecule has 0 amide bonds. The van der Waals surface area contributed by atoms with E-state index >= 15 is 0 Å². The van der Waals surface area contributed by atoms with Gasteiger partial charge in [-0.05, 0) is 0 Å². The van der Waals surface area contributed by atoms with Crippen LogP contribution in [-0.2, 0) is 18.3 Å². The summed E-state index contributed by atoms with van der Waals surface area (Å²) in [5.74, 6) is -1.12. The van der Waals surface area contributed by atoms with Crippen LogP contribution >= 0.6 is 10.7 Å². The van der Waals surface area contributed by atoms with E-state index in [0.29, 0.717) is 0 Å². The van der Waals surface area contributed by atoms with Crippen LogP contribution in [0.1, 0.15) is 0 Å². The Kier molecular flexibility index (Phi) is 6.33. The quantitative estimate of drug-likeness (QED) is 0.364. The predicted molar refractivity (Wildman–Crippen MR) is 50.8 cm³/mol. The van der Waals surface area contributed by atoms with Gasteiger partial charge in [0.15, 0.2) is 5.78 Å². The minimum atomic E-state index is -4.32. The van der Waals surface area contributed by atoms with Gasteiger partial charge in [0.25, 0.3) is 0 Å². The smallest absolute Gasteiger partial charge is 0.355 e. The van der Waals surface area contributed by atoms with Gasteiger partial charge in [0.2, 0.25) is 0 Å². The van der Waals surface area contributed by atoms with Gasteiger partial charge in [-0.2, -0.15) is 8.42 Å². The highest BCUT2D eigenvalue weighted by atomic mass is 35.7. The lowest BCUT2D eigenvalue weighted by Gasteiger charge is -2.20. The van der Waals surface area contributed by atoms with E-state index in [1.165, 1.54) is 0 Å². The van der Waals surface area contributed by atoms with E-state index in [4.69, 9.17) is 20.4 Å². The van der Waals surface area contributed by atoms with Crippen molar-refractivity contribution in [2.75, 3.05) is 13.2 Å². The summed E-state index contributed by atoms with van der Waals surface area (Å²) in [4.78, 5) is 10.7. The van der Waals surface area contributed by atoms with Crippen LogP contribution in [0.5, 0.6) is 0 Å². The molecule has 4 N–H and O–H groups in total. The summed E-state index contributed by atoms with van der Waals surface area (Å²) >= 11 is 0. The Morgan fingerprint density at radius 2 is 1.81 bits per heavy atom. The first-order valence-electron chi connectivity index (χ1n) is 3.96. The van der Waals surface area contributed by atoms with E-state index in [1.807, 2.05) is 0 Å². The maximum Gasteiger partial charge on any atom is 0.355 e. The number of carbonyl (C=O) groups excluding carboxylic acids is 1. The van der Waals surface area contributed by atoms with Gasteiger partial charge in [-0.25, -0.2) is 0 Å². The SMILES string of the molecule is O=C(CO)[C@@H](O)[C@H](O)[C@H](O)COS(=O)(=O)Cl. The van der Waals surface area contributed by atoms with E-state index in [-0.39, 0.29) is 0 Å². The monoisotopic (exact) mass is 278 g/mol. The Labute approximate surface area is 95.7 Å². The summed E-state index contributed by atoms with van der Waals surface area (Å²) in [5.41, 5.74) is 0. The van der Waals surface area contributed by atoms with Crippen LogP contribution in [0.3, 0.4) is 0 Å². The number of carbonyl (C=O) groups is 1. The zero-order valence-corrected chi connectivity index (χ0v) is 9.43. The number of ketones is 1. The summed E-state index contributed by atoms with van der Waals surface area (Å²) < 4.78 is 24.5. The number of aliphatic hydroxyl groups is 4. The minimum absolute atomic E-state index is 0.928. The fourth-order valence-electron chi connectivity index (χ4n) is 0.744. The molecule has 0 spiro atoms. The molecule has 0 radical (unpaired) electrons. The first-order chi connectivity index (χ1) is 7.19. The van der Waals surface area contributed by atoms with E-state index in [2.05, 4.69) is 14.9 Å². The molecular weight excluding hydrogens is 268 g/mol. The van der Waals surface area contributed by atoms with Crippen molar-refractivity contribution >= 4 is 25.8 Å². The van der Waals surface area contributed by atoms with Crippen LogP contribution in [0.25, 0.3) is 0 Å². The average molecular weight is 279 g/mol. The van der Waals surface area contributed by atoms with Gasteiger partial charge in [0.05, 0.1) is 6.61 Å². The van der Waals surface area contributed by atoms with Crippen molar-refractivity contribution in [2.45, 2.75) is 18.3 Å². The van der Waals surface area contributed by atoms with Crippen molar-refractivity contribution in [3.8, 4) is 0 Å². The van der Waals surface area contributed by atoms with E-state index < -0.39 is 46.6 Å². The van der Waals surface area contributed by atoms with Gasteiger partial charge >= 0.3 is 9.33 Å². The highest BCUT2D eigenvalue weighted by Gasteiger charge is 2.30. The second-order valence-electron chi connectivity index (χ2n) is 2.80. The third-order valence-corrected chi connectivity index (χ3v) is 2.27. The Hall–Kier alpha value is -0.290. The van der Waals surface area contributed by atoms with E-state index in [0.717, 1.165) is 0 Å². The van der Waals surface area contributed by atoms with Gasteiger partial charge in [0, 0.05) is 10.7 Å². The largest absolute Gasteiger partial charge is 0.388 e. The third-order valence-electron chi connectivity index (χ3n) is 1.58. The van der Waals surface area contributed by atoms with Crippen LogP contribution in [-0.4, -0.2) is 66.2 Å². The van der Waals surface area contributed by atoms with Gasteiger partial charge in [0.1, 0.15) is 24.9 Å². The molecule has 0 fully saturated rings. The highest BCUT2D eigenvalue weighted by Crippen LogP contribution is 2.06. The summed E-state index contributed by atoms with van der Waals surface area (Å²) in [6.45, 7) is -1.96. The van der Waals surface area contributed by atoms with Crippen molar-refractivity contribution < 1.29 is 37.8 Å².